The van der Waals surface area contributed by atoms with Crippen LogP contribution in [0.5, 0.6) is 0 Å². The standard InChI is InChI=1S/C44H47F3N8O5/c45-44(46,47)36-23-33(3-2-31(36)24-48)54-19-13-30(14-20-54)40(57)50-38-7-1-29(25-49-38)21-27-9-15-52(16-10-27)26-28-11-17-53(18-12-28)32-4-5-34-35(22-32)43(60)55(42(34)59)37-6-8-39(56)51-41(37)58/h1-5,7,22-23,25,27-28,30,37H,6,8-21,26H2,(H,49,50,57)(H,51,56,58). The van der Waals surface area contributed by atoms with Gasteiger partial charge in [0.1, 0.15) is 11.9 Å². The van der Waals surface area contributed by atoms with E-state index >= 15 is 0 Å². The molecular formula is C44H47F3N8O5. The van der Waals surface area contributed by atoms with Gasteiger partial charge in [-0.25, -0.2) is 4.98 Å². The van der Waals surface area contributed by atoms with Crippen LogP contribution in [0.25, 0.3) is 0 Å². The van der Waals surface area contributed by atoms with Crippen LogP contribution < -0.4 is 20.4 Å². The number of nitriles is 1. The summed E-state index contributed by atoms with van der Waals surface area (Å²) < 4.78 is 40.4. The van der Waals surface area contributed by atoms with Crippen LogP contribution in [0, 0.1) is 29.1 Å². The highest BCUT2D eigenvalue weighted by Crippen LogP contribution is 2.36. The molecule has 16 heteroatoms. The van der Waals surface area contributed by atoms with Gasteiger partial charge >= 0.3 is 6.18 Å². The van der Waals surface area contributed by atoms with Crippen molar-refractivity contribution < 1.29 is 37.1 Å². The lowest BCUT2D eigenvalue weighted by Crippen LogP contribution is -2.54. The monoisotopic (exact) mass is 824 g/mol. The number of imide groups is 2. The second kappa shape index (κ2) is 17.0. The highest BCUT2D eigenvalue weighted by Gasteiger charge is 2.45. The van der Waals surface area contributed by atoms with Crippen LogP contribution in [0.1, 0.15) is 88.8 Å². The first kappa shape index (κ1) is 40.9. The molecular weight excluding hydrogens is 778 g/mol. The minimum absolute atomic E-state index is 0.0832. The average Bonchev–Trinajstić information content (AvgIpc) is 3.49. The molecule has 1 unspecified atom stereocenters. The maximum Gasteiger partial charge on any atom is 0.417 e. The van der Waals surface area contributed by atoms with Crippen LogP contribution in [0.15, 0.2) is 54.7 Å². The average molecular weight is 825 g/mol. The van der Waals surface area contributed by atoms with E-state index in [4.69, 9.17) is 5.26 Å². The highest BCUT2D eigenvalue weighted by atomic mass is 19.4. The molecule has 4 saturated heterocycles. The Hall–Kier alpha value is -5.82. The number of hydrogen-bond donors (Lipinski definition) is 2. The van der Waals surface area contributed by atoms with Gasteiger partial charge in [0.15, 0.2) is 0 Å². The maximum atomic E-state index is 13.5. The van der Waals surface area contributed by atoms with Crippen molar-refractivity contribution in [3.63, 3.8) is 0 Å². The van der Waals surface area contributed by atoms with Crippen molar-refractivity contribution in [1.29, 1.82) is 5.26 Å². The summed E-state index contributed by atoms with van der Waals surface area (Å²) in [6.07, 6.45) is 3.52. The second-order valence-corrected chi connectivity index (χ2v) is 16.7. The number of nitrogens with zero attached hydrogens (tertiary/aromatic N) is 6. The molecule has 1 aromatic heterocycles. The zero-order valence-electron chi connectivity index (χ0n) is 33.2. The SMILES string of the molecule is N#Cc1ccc(N2CCC(C(=O)Nc3ccc(CC4CCN(CC5CCN(c6ccc7c(c6)C(=O)N(C6CCC(=O)NC6=O)C7=O)CC5)CC4)cn3)CC2)cc1C(F)(F)F. The van der Waals surface area contributed by atoms with Gasteiger partial charge in [0.05, 0.1) is 28.3 Å². The third kappa shape index (κ3) is 8.72. The third-order valence-corrected chi connectivity index (χ3v) is 12.9. The molecule has 0 spiro atoms. The van der Waals surface area contributed by atoms with Gasteiger partial charge in [-0.05, 0) is 124 Å². The van der Waals surface area contributed by atoms with E-state index < -0.39 is 47.0 Å². The van der Waals surface area contributed by atoms with Crippen molar-refractivity contribution in [3.8, 4) is 6.07 Å². The molecule has 3 aromatic rings. The molecule has 0 aliphatic carbocycles. The lowest BCUT2D eigenvalue weighted by Gasteiger charge is -2.38. The summed E-state index contributed by atoms with van der Waals surface area (Å²) in [5.74, 6) is -0.862. The van der Waals surface area contributed by atoms with Gasteiger partial charge in [-0.2, -0.15) is 18.4 Å². The molecule has 5 aliphatic heterocycles. The normalized spacial score (nSPS) is 21.2. The zero-order chi connectivity index (χ0) is 42.1. The zero-order valence-corrected chi connectivity index (χ0v) is 33.2. The highest BCUT2D eigenvalue weighted by molar-refractivity contribution is 6.23. The maximum absolute atomic E-state index is 13.5. The predicted molar refractivity (Wildman–Crippen MR) is 215 cm³/mol. The summed E-state index contributed by atoms with van der Waals surface area (Å²) in [5.41, 5.74) is 1.62. The van der Waals surface area contributed by atoms with E-state index in [2.05, 4.69) is 25.4 Å². The predicted octanol–water partition coefficient (Wildman–Crippen LogP) is 5.40. The van der Waals surface area contributed by atoms with Crippen molar-refractivity contribution in [2.75, 3.05) is 60.9 Å². The quantitative estimate of drug-likeness (QED) is 0.268. The molecule has 5 amide bonds. The Bertz CT molecular complexity index is 2200. The first-order valence-corrected chi connectivity index (χ1v) is 20.8. The third-order valence-electron chi connectivity index (χ3n) is 12.9. The van der Waals surface area contributed by atoms with Crippen molar-refractivity contribution in [3.05, 3.63) is 82.5 Å². The molecule has 5 aliphatic rings. The number of nitrogens with one attached hydrogen (secondary N) is 2. The fraction of sp³-hybridized carbons (Fsp3) is 0.477. The summed E-state index contributed by atoms with van der Waals surface area (Å²) in [6, 6.07) is 13.5. The lowest BCUT2D eigenvalue weighted by molar-refractivity contribution is -0.138. The fourth-order valence-corrected chi connectivity index (χ4v) is 9.41. The summed E-state index contributed by atoms with van der Waals surface area (Å²) in [5, 5.41) is 14.2. The Morgan fingerprint density at radius 3 is 2.10 bits per heavy atom. The molecule has 6 heterocycles. The Morgan fingerprint density at radius 1 is 0.800 bits per heavy atom. The molecule has 2 aromatic carbocycles. The molecule has 0 radical (unpaired) electrons. The number of halogens is 3. The number of pyridine rings is 1. The summed E-state index contributed by atoms with van der Waals surface area (Å²) in [7, 11) is 0. The number of fused-ring (bicyclic) bond motifs is 1. The summed E-state index contributed by atoms with van der Waals surface area (Å²) in [6.45, 7) is 5.64. The van der Waals surface area contributed by atoms with Crippen LogP contribution >= 0.6 is 0 Å². The number of carbonyl (C=O) groups is 5. The van der Waals surface area contributed by atoms with Crippen molar-refractivity contribution in [1.82, 2.24) is 20.1 Å². The Morgan fingerprint density at radius 2 is 1.45 bits per heavy atom. The van der Waals surface area contributed by atoms with Crippen LogP contribution in [-0.4, -0.2) is 96.2 Å². The summed E-state index contributed by atoms with van der Waals surface area (Å²) in [4.78, 5) is 75.7. The molecule has 2 N–H and O–H groups in total. The van der Waals surface area contributed by atoms with Gasteiger partial charge in [-0.1, -0.05) is 6.07 Å². The minimum Gasteiger partial charge on any atom is -0.371 e. The molecule has 13 nitrogen and oxygen atoms in total. The van der Waals surface area contributed by atoms with Crippen molar-refractivity contribution in [2.45, 2.75) is 70.0 Å². The number of carbonyl (C=O) groups excluding carboxylic acids is 5. The largest absolute Gasteiger partial charge is 0.417 e. The first-order chi connectivity index (χ1) is 28.8. The van der Waals surface area contributed by atoms with Crippen molar-refractivity contribution in [2.24, 2.45) is 17.8 Å². The first-order valence-electron chi connectivity index (χ1n) is 20.8. The number of likely N-dealkylation sites (tertiary alicyclic amines) is 1. The van der Waals surface area contributed by atoms with E-state index in [-0.39, 0.29) is 30.2 Å². The fourth-order valence-electron chi connectivity index (χ4n) is 9.41. The Kier molecular flexibility index (Phi) is 11.6. The van der Waals surface area contributed by atoms with Crippen LogP contribution in [-0.2, 0) is 27.0 Å². The minimum atomic E-state index is -4.62. The van der Waals surface area contributed by atoms with Crippen LogP contribution in [0.3, 0.4) is 0 Å². The topological polar surface area (TPSA) is 159 Å². The molecule has 0 saturated carbocycles. The summed E-state index contributed by atoms with van der Waals surface area (Å²) >= 11 is 0. The van der Waals surface area contributed by atoms with E-state index in [0.717, 1.165) is 87.0 Å². The van der Waals surface area contributed by atoms with Crippen LogP contribution in [0.2, 0.25) is 0 Å². The van der Waals surface area contributed by atoms with Gasteiger partial charge in [0, 0.05) is 62.6 Å². The van der Waals surface area contributed by atoms with E-state index in [1.807, 2.05) is 29.3 Å². The number of anilines is 3. The van der Waals surface area contributed by atoms with E-state index in [9.17, 15) is 37.1 Å². The molecule has 314 valence electrons. The number of amides is 5. The number of hydrogen-bond acceptors (Lipinski definition) is 10. The van der Waals surface area contributed by atoms with E-state index in [1.54, 1.807) is 18.2 Å². The molecule has 4 fully saturated rings. The van der Waals surface area contributed by atoms with Gasteiger partial charge in [-0.3, -0.25) is 34.2 Å². The van der Waals surface area contributed by atoms with Gasteiger partial charge in [-0.15, -0.1) is 0 Å². The number of alkyl halides is 3. The number of rotatable bonds is 9. The van der Waals surface area contributed by atoms with Gasteiger partial charge in [0.2, 0.25) is 17.7 Å². The van der Waals surface area contributed by atoms with E-state index in [0.29, 0.717) is 54.8 Å². The Labute approximate surface area is 345 Å². The van der Waals surface area contributed by atoms with E-state index in [1.165, 1.54) is 12.1 Å². The van der Waals surface area contributed by atoms with Crippen molar-refractivity contribution >= 4 is 46.7 Å². The molecule has 0 bridgehead atoms. The molecule has 8 rings (SSSR count). The molecule has 60 heavy (non-hydrogen) atoms. The number of aromatic nitrogens is 1. The lowest BCUT2D eigenvalue weighted by atomic mass is 9.89. The van der Waals surface area contributed by atoms with Gasteiger partial charge in [0.25, 0.3) is 11.8 Å². The smallest absolute Gasteiger partial charge is 0.371 e. The Balaban J connectivity index is 0.745. The number of piperidine rings is 4. The second-order valence-electron chi connectivity index (χ2n) is 16.7. The number of benzene rings is 2. The molecule has 1 atom stereocenters. The van der Waals surface area contributed by atoms with Gasteiger partial charge < -0.3 is 20.0 Å². The van der Waals surface area contributed by atoms with Crippen LogP contribution in [0.4, 0.5) is 30.4 Å².